The Labute approximate surface area is 105 Å². The van der Waals surface area contributed by atoms with E-state index in [2.05, 4.69) is 22.2 Å². The van der Waals surface area contributed by atoms with Crippen LogP contribution in [-0.2, 0) is 0 Å². The number of methoxy groups -OCH3 is 1. The summed E-state index contributed by atoms with van der Waals surface area (Å²) in [6, 6.07) is 2.07. The molecule has 0 saturated heterocycles. The van der Waals surface area contributed by atoms with Crippen LogP contribution in [0, 0.1) is 0 Å². The van der Waals surface area contributed by atoms with Gasteiger partial charge in [-0.2, -0.15) is 0 Å². The Bertz CT molecular complexity index is 458. The first-order valence-corrected chi connectivity index (χ1v) is 6.34. The van der Waals surface area contributed by atoms with Gasteiger partial charge in [-0.05, 0) is 18.0 Å². The van der Waals surface area contributed by atoms with E-state index >= 15 is 0 Å². The molecule has 4 nitrogen and oxygen atoms in total. The van der Waals surface area contributed by atoms with Gasteiger partial charge in [0.15, 0.2) is 0 Å². The van der Waals surface area contributed by atoms with E-state index in [-0.39, 0.29) is 6.04 Å². The molecule has 1 atom stereocenters. The summed E-state index contributed by atoms with van der Waals surface area (Å²) in [5.74, 6) is 0.907. The third-order valence-electron chi connectivity index (χ3n) is 2.46. The van der Waals surface area contributed by atoms with Crippen LogP contribution in [0.3, 0.4) is 0 Å². The number of rotatable bonds is 5. The Balaban J connectivity index is 2.36. The van der Waals surface area contributed by atoms with Crippen molar-refractivity contribution < 1.29 is 4.74 Å². The Hall–Kier alpha value is -1.46. The maximum atomic E-state index is 5.36. The zero-order valence-corrected chi connectivity index (χ0v) is 10.7. The standard InChI is InChI=1S/C12H15N3OS/c1-3-15-11(9-6-13-8-14-7-9)12-10(16-2)4-5-17-12/h4-8,11,15H,3H2,1-2H3. The lowest BCUT2D eigenvalue weighted by atomic mass is 10.1. The maximum absolute atomic E-state index is 5.36. The second kappa shape index (κ2) is 5.75. The number of hydrogen-bond acceptors (Lipinski definition) is 5. The number of aromatic nitrogens is 2. The number of nitrogens with zero attached hydrogens (tertiary/aromatic N) is 2. The Morgan fingerprint density at radius 1 is 1.41 bits per heavy atom. The molecule has 2 rings (SSSR count). The van der Waals surface area contributed by atoms with Gasteiger partial charge in [-0.15, -0.1) is 11.3 Å². The van der Waals surface area contributed by atoms with Crippen LogP contribution in [-0.4, -0.2) is 23.6 Å². The molecule has 0 amide bonds. The molecule has 0 saturated carbocycles. The highest BCUT2D eigenvalue weighted by molar-refractivity contribution is 7.10. The van der Waals surface area contributed by atoms with Crippen molar-refractivity contribution in [3.05, 3.63) is 40.6 Å². The minimum Gasteiger partial charge on any atom is -0.496 e. The van der Waals surface area contributed by atoms with Crippen molar-refractivity contribution in [1.29, 1.82) is 0 Å². The number of nitrogens with one attached hydrogen (secondary N) is 1. The Morgan fingerprint density at radius 3 is 2.82 bits per heavy atom. The van der Waals surface area contributed by atoms with Crippen LogP contribution in [0.5, 0.6) is 5.75 Å². The summed E-state index contributed by atoms with van der Waals surface area (Å²) in [5, 5.41) is 5.46. The molecule has 0 spiro atoms. The third-order valence-corrected chi connectivity index (χ3v) is 3.42. The van der Waals surface area contributed by atoms with Crippen molar-refractivity contribution in [3.63, 3.8) is 0 Å². The molecule has 0 aliphatic carbocycles. The molecule has 5 heteroatoms. The second-order valence-corrected chi connectivity index (χ2v) is 4.46. The second-order valence-electron chi connectivity index (χ2n) is 3.52. The molecule has 2 heterocycles. The van der Waals surface area contributed by atoms with Crippen LogP contribution in [0.15, 0.2) is 30.2 Å². The average molecular weight is 249 g/mol. The molecule has 2 aromatic rings. The van der Waals surface area contributed by atoms with Gasteiger partial charge in [-0.25, -0.2) is 9.97 Å². The van der Waals surface area contributed by atoms with Gasteiger partial charge in [-0.3, -0.25) is 0 Å². The van der Waals surface area contributed by atoms with E-state index in [1.165, 1.54) is 6.33 Å². The van der Waals surface area contributed by atoms with Gasteiger partial charge in [0.1, 0.15) is 12.1 Å². The predicted octanol–water partition coefficient (Wildman–Crippen LogP) is 2.25. The summed E-state index contributed by atoms with van der Waals surface area (Å²) in [6.45, 7) is 2.96. The van der Waals surface area contributed by atoms with Crippen molar-refractivity contribution >= 4 is 11.3 Å². The van der Waals surface area contributed by atoms with E-state index in [1.54, 1.807) is 18.4 Å². The fourth-order valence-electron chi connectivity index (χ4n) is 1.71. The number of hydrogen-bond donors (Lipinski definition) is 1. The van der Waals surface area contributed by atoms with Gasteiger partial charge >= 0.3 is 0 Å². The summed E-state index contributed by atoms with van der Waals surface area (Å²) < 4.78 is 5.36. The largest absolute Gasteiger partial charge is 0.496 e. The van der Waals surface area contributed by atoms with Crippen molar-refractivity contribution in [3.8, 4) is 5.75 Å². The summed E-state index contributed by atoms with van der Waals surface area (Å²) in [4.78, 5) is 9.29. The van der Waals surface area contributed by atoms with Gasteiger partial charge in [0.25, 0.3) is 0 Å². The highest BCUT2D eigenvalue weighted by Gasteiger charge is 2.19. The van der Waals surface area contributed by atoms with E-state index < -0.39 is 0 Å². The fraction of sp³-hybridized carbons (Fsp3) is 0.333. The topological polar surface area (TPSA) is 47.0 Å². The van der Waals surface area contributed by atoms with Crippen LogP contribution >= 0.6 is 11.3 Å². The molecule has 2 aromatic heterocycles. The quantitative estimate of drug-likeness (QED) is 0.883. The van der Waals surface area contributed by atoms with Crippen LogP contribution in [0.4, 0.5) is 0 Å². The first-order valence-electron chi connectivity index (χ1n) is 5.46. The smallest absolute Gasteiger partial charge is 0.134 e. The molecule has 0 aliphatic rings. The van der Waals surface area contributed by atoms with Crippen LogP contribution in [0.1, 0.15) is 23.4 Å². The summed E-state index contributed by atoms with van der Waals surface area (Å²) >= 11 is 1.67. The van der Waals surface area contributed by atoms with Crippen molar-refractivity contribution in [2.75, 3.05) is 13.7 Å². The van der Waals surface area contributed by atoms with Gasteiger partial charge < -0.3 is 10.1 Å². The van der Waals surface area contributed by atoms with E-state index in [0.29, 0.717) is 0 Å². The van der Waals surface area contributed by atoms with Crippen LogP contribution in [0.25, 0.3) is 0 Å². The van der Waals surface area contributed by atoms with E-state index in [0.717, 1.165) is 22.7 Å². The van der Waals surface area contributed by atoms with Crippen molar-refractivity contribution in [1.82, 2.24) is 15.3 Å². The van der Waals surface area contributed by atoms with Crippen LogP contribution < -0.4 is 10.1 Å². The molecule has 0 aliphatic heterocycles. The lowest BCUT2D eigenvalue weighted by Crippen LogP contribution is -2.21. The van der Waals surface area contributed by atoms with Gasteiger partial charge in [-0.1, -0.05) is 6.92 Å². The van der Waals surface area contributed by atoms with Gasteiger partial charge in [0.2, 0.25) is 0 Å². The first kappa shape index (κ1) is 12.0. The monoisotopic (exact) mass is 249 g/mol. The highest BCUT2D eigenvalue weighted by atomic mass is 32.1. The molecule has 1 N–H and O–H groups in total. The number of thiophene rings is 1. The zero-order chi connectivity index (χ0) is 12.1. The van der Waals surface area contributed by atoms with Gasteiger partial charge in [0.05, 0.1) is 18.0 Å². The Morgan fingerprint density at radius 2 is 2.18 bits per heavy atom. The van der Waals surface area contributed by atoms with Crippen molar-refractivity contribution in [2.24, 2.45) is 0 Å². The Kier molecular flexibility index (Phi) is 4.06. The normalized spacial score (nSPS) is 12.4. The van der Waals surface area contributed by atoms with Gasteiger partial charge in [0, 0.05) is 18.0 Å². The molecule has 90 valence electrons. The maximum Gasteiger partial charge on any atom is 0.134 e. The molecule has 0 radical (unpaired) electrons. The predicted molar refractivity (Wildman–Crippen MR) is 68.4 cm³/mol. The molecule has 0 aromatic carbocycles. The third kappa shape index (κ3) is 2.62. The summed E-state index contributed by atoms with van der Waals surface area (Å²) in [5.41, 5.74) is 1.05. The molecular formula is C12H15N3OS. The average Bonchev–Trinajstić information content (AvgIpc) is 2.85. The van der Waals surface area contributed by atoms with Crippen LogP contribution in [0.2, 0.25) is 0 Å². The zero-order valence-electron chi connectivity index (χ0n) is 9.88. The SMILES string of the molecule is CCNC(c1cncnc1)c1sccc1OC. The molecule has 0 fully saturated rings. The minimum atomic E-state index is 0.0937. The summed E-state index contributed by atoms with van der Waals surface area (Å²) in [6.07, 6.45) is 5.21. The lowest BCUT2D eigenvalue weighted by Gasteiger charge is -2.17. The van der Waals surface area contributed by atoms with E-state index in [9.17, 15) is 0 Å². The lowest BCUT2D eigenvalue weighted by molar-refractivity contribution is 0.407. The first-order chi connectivity index (χ1) is 8.36. The van der Waals surface area contributed by atoms with Crippen molar-refractivity contribution in [2.45, 2.75) is 13.0 Å². The molecule has 17 heavy (non-hydrogen) atoms. The molecular weight excluding hydrogens is 234 g/mol. The fourth-order valence-corrected chi connectivity index (χ4v) is 2.68. The minimum absolute atomic E-state index is 0.0937. The van der Waals surface area contributed by atoms with E-state index in [4.69, 9.17) is 4.74 Å². The summed E-state index contributed by atoms with van der Waals surface area (Å²) in [7, 11) is 1.69. The number of ether oxygens (including phenoxy) is 1. The highest BCUT2D eigenvalue weighted by Crippen LogP contribution is 2.34. The molecule has 1 unspecified atom stereocenters. The molecule has 0 bridgehead atoms. The van der Waals surface area contributed by atoms with E-state index in [1.807, 2.05) is 23.8 Å².